The van der Waals surface area contributed by atoms with Gasteiger partial charge in [0, 0.05) is 23.6 Å². The fraction of sp³-hybridized carbons (Fsp3) is 0.357. The van der Waals surface area contributed by atoms with Gasteiger partial charge in [0.1, 0.15) is 11.6 Å². The van der Waals surface area contributed by atoms with Crippen LogP contribution in [-0.2, 0) is 0 Å². The highest BCUT2D eigenvalue weighted by atomic mass is 32.1. The van der Waals surface area contributed by atoms with Gasteiger partial charge in [0.25, 0.3) is 0 Å². The van der Waals surface area contributed by atoms with Crippen LogP contribution in [0.25, 0.3) is 11.3 Å². The van der Waals surface area contributed by atoms with Crippen LogP contribution in [0.3, 0.4) is 0 Å². The molecule has 1 aromatic heterocycles. The minimum Gasteiger partial charge on any atom is -0.365 e. The van der Waals surface area contributed by atoms with Crippen molar-refractivity contribution in [1.82, 2.24) is 4.98 Å². The Balaban J connectivity index is 2.51. The molecule has 1 atom stereocenters. The Labute approximate surface area is 120 Å². The summed E-state index contributed by atoms with van der Waals surface area (Å²) in [7, 11) is 1.77. The molecule has 20 heavy (non-hydrogen) atoms. The van der Waals surface area contributed by atoms with Gasteiger partial charge in [-0.3, -0.25) is 0 Å². The van der Waals surface area contributed by atoms with Gasteiger partial charge in [-0.25, -0.2) is 13.8 Å². The van der Waals surface area contributed by atoms with E-state index >= 15 is 0 Å². The van der Waals surface area contributed by atoms with Crippen molar-refractivity contribution in [2.75, 3.05) is 18.9 Å². The van der Waals surface area contributed by atoms with Crippen LogP contribution in [0, 0.1) is 11.6 Å². The monoisotopic (exact) mass is 297 g/mol. The van der Waals surface area contributed by atoms with E-state index < -0.39 is 11.6 Å². The number of hydrogen-bond acceptors (Lipinski definition) is 4. The van der Waals surface area contributed by atoms with Crippen LogP contribution in [0.2, 0.25) is 0 Å². The lowest BCUT2D eigenvalue weighted by Gasteiger charge is -2.10. The van der Waals surface area contributed by atoms with Gasteiger partial charge in [0.2, 0.25) is 0 Å². The van der Waals surface area contributed by atoms with Gasteiger partial charge in [-0.15, -0.1) is 11.3 Å². The van der Waals surface area contributed by atoms with Crippen LogP contribution in [-0.4, -0.2) is 18.6 Å². The first-order chi connectivity index (χ1) is 9.55. The predicted molar refractivity (Wildman–Crippen MR) is 79.1 cm³/mol. The van der Waals surface area contributed by atoms with Crippen molar-refractivity contribution < 1.29 is 8.78 Å². The minimum absolute atomic E-state index is 0.195. The third kappa shape index (κ3) is 3.13. The maximum atomic E-state index is 13.4. The number of nitrogens with two attached hydrogens (primary N) is 1. The van der Waals surface area contributed by atoms with Gasteiger partial charge in [0.05, 0.1) is 5.69 Å². The zero-order valence-corrected chi connectivity index (χ0v) is 12.2. The highest BCUT2D eigenvalue weighted by molar-refractivity contribution is 7.16. The first kappa shape index (κ1) is 14.9. The van der Waals surface area contributed by atoms with Crippen molar-refractivity contribution >= 4 is 16.5 Å². The first-order valence-corrected chi connectivity index (χ1v) is 7.21. The molecule has 1 aromatic carbocycles. The maximum absolute atomic E-state index is 13.4. The Morgan fingerprint density at radius 3 is 2.50 bits per heavy atom. The fourth-order valence-corrected chi connectivity index (χ4v) is 3.08. The summed E-state index contributed by atoms with van der Waals surface area (Å²) in [6.45, 7) is 2.60. The number of nitrogens with zero attached hydrogens (tertiary/aromatic N) is 1. The van der Waals surface area contributed by atoms with E-state index in [-0.39, 0.29) is 5.92 Å². The highest BCUT2D eigenvalue weighted by Crippen LogP contribution is 2.37. The molecule has 0 radical (unpaired) electrons. The molecule has 0 fully saturated rings. The molecule has 2 aromatic rings. The summed E-state index contributed by atoms with van der Waals surface area (Å²) >= 11 is 1.49. The molecule has 0 aliphatic heterocycles. The highest BCUT2D eigenvalue weighted by Gasteiger charge is 2.18. The second-order valence-corrected chi connectivity index (χ2v) is 5.65. The van der Waals surface area contributed by atoms with Gasteiger partial charge in [-0.05, 0) is 31.0 Å². The number of hydrogen-bond donors (Lipinski definition) is 2. The van der Waals surface area contributed by atoms with E-state index in [1.807, 2.05) is 6.92 Å². The minimum atomic E-state index is -0.601. The van der Waals surface area contributed by atoms with Crippen LogP contribution < -0.4 is 11.1 Å². The molecule has 0 saturated carbocycles. The summed E-state index contributed by atoms with van der Waals surface area (Å²) in [4.78, 5) is 5.41. The summed E-state index contributed by atoms with van der Waals surface area (Å²) < 4.78 is 26.8. The molecule has 0 aliphatic rings. The number of rotatable bonds is 5. The topological polar surface area (TPSA) is 50.9 Å². The molecule has 1 unspecified atom stereocenters. The molecule has 0 amide bonds. The van der Waals surface area contributed by atoms with E-state index in [0.717, 1.165) is 22.5 Å². The summed E-state index contributed by atoms with van der Waals surface area (Å²) in [5, 5.41) is 3.70. The molecule has 2 rings (SSSR count). The summed E-state index contributed by atoms with van der Waals surface area (Å²) in [5.74, 6) is -1.01. The quantitative estimate of drug-likeness (QED) is 0.887. The Kier molecular flexibility index (Phi) is 4.67. The van der Waals surface area contributed by atoms with Crippen LogP contribution in [0.15, 0.2) is 18.2 Å². The molecule has 0 aliphatic carbocycles. The Morgan fingerprint density at radius 2 is 1.95 bits per heavy atom. The Hall–Kier alpha value is -1.53. The van der Waals surface area contributed by atoms with Crippen LogP contribution in [0.4, 0.5) is 13.9 Å². The van der Waals surface area contributed by atoms with E-state index in [0.29, 0.717) is 17.8 Å². The normalized spacial score (nSPS) is 12.4. The lowest BCUT2D eigenvalue weighted by atomic mass is 10.0. The fourth-order valence-electron chi connectivity index (χ4n) is 2.05. The molecule has 0 spiro atoms. The second-order valence-electron chi connectivity index (χ2n) is 4.62. The third-order valence-corrected chi connectivity index (χ3v) is 4.35. The Bertz CT molecular complexity index is 578. The SMILES string of the molecule is CNc1nc(-c2cc(F)cc(F)c2)c(C(C)CCN)s1. The lowest BCUT2D eigenvalue weighted by molar-refractivity contribution is 0.584. The predicted octanol–water partition coefficient (Wildman–Crippen LogP) is 3.58. The van der Waals surface area contributed by atoms with Crippen molar-refractivity contribution in [3.05, 3.63) is 34.7 Å². The molecular weight excluding hydrogens is 280 g/mol. The van der Waals surface area contributed by atoms with Crippen molar-refractivity contribution in [1.29, 1.82) is 0 Å². The molecule has 0 saturated heterocycles. The van der Waals surface area contributed by atoms with Gasteiger partial charge in [0.15, 0.2) is 5.13 Å². The molecule has 3 N–H and O–H groups in total. The van der Waals surface area contributed by atoms with Gasteiger partial charge in [-0.1, -0.05) is 6.92 Å². The van der Waals surface area contributed by atoms with Crippen LogP contribution in [0.5, 0.6) is 0 Å². The summed E-state index contributed by atoms with van der Waals surface area (Å²) in [6.07, 6.45) is 0.802. The molecular formula is C14H17F2N3S. The zero-order chi connectivity index (χ0) is 14.7. The zero-order valence-electron chi connectivity index (χ0n) is 11.4. The summed E-state index contributed by atoms with van der Waals surface area (Å²) in [5.41, 5.74) is 6.67. The van der Waals surface area contributed by atoms with Crippen molar-refractivity contribution in [3.8, 4) is 11.3 Å². The van der Waals surface area contributed by atoms with E-state index in [2.05, 4.69) is 10.3 Å². The molecule has 3 nitrogen and oxygen atoms in total. The molecule has 0 bridgehead atoms. The molecule has 6 heteroatoms. The van der Waals surface area contributed by atoms with Crippen LogP contribution in [0.1, 0.15) is 24.1 Å². The van der Waals surface area contributed by atoms with E-state index in [4.69, 9.17) is 5.73 Å². The molecule has 1 heterocycles. The van der Waals surface area contributed by atoms with Gasteiger partial charge >= 0.3 is 0 Å². The average molecular weight is 297 g/mol. The van der Waals surface area contributed by atoms with Gasteiger partial charge in [-0.2, -0.15) is 0 Å². The largest absolute Gasteiger partial charge is 0.365 e. The van der Waals surface area contributed by atoms with Crippen molar-refractivity contribution in [2.45, 2.75) is 19.3 Å². The third-order valence-electron chi connectivity index (χ3n) is 3.05. The van der Waals surface area contributed by atoms with E-state index in [1.54, 1.807) is 7.05 Å². The van der Waals surface area contributed by atoms with Gasteiger partial charge < -0.3 is 11.1 Å². The second kappa shape index (κ2) is 6.28. The smallest absolute Gasteiger partial charge is 0.183 e. The number of aromatic nitrogens is 1. The Morgan fingerprint density at radius 1 is 1.30 bits per heavy atom. The van der Waals surface area contributed by atoms with E-state index in [1.165, 1.54) is 23.5 Å². The number of thiazole rings is 1. The maximum Gasteiger partial charge on any atom is 0.183 e. The van der Waals surface area contributed by atoms with Crippen LogP contribution >= 0.6 is 11.3 Å². The summed E-state index contributed by atoms with van der Waals surface area (Å²) in [6, 6.07) is 3.46. The van der Waals surface area contributed by atoms with E-state index in [9.17, 15) is 8.78 Å². The number of halogens is 2. The number of anilines is 1. The average Bonchev–Trinajstić information content (AvgIpc) is 2.82. The number of benzene rings is 1. The standard InChI is InChI=1S/C14H17F2N3S/c1-8(3-4-17)13-12(19-14(18-2)20-13)9-5-10(15)7-11(16)6-9/h5-8H,3-4,17H2,1-2H3,(H,18,19). The van der Waals surface area contributed by atoms with Crippen molar-refractivity contribution in [2.24, 2.45) is 5.73 Å². The molecule has 108 valence electrons. The first-order valence-electron chi connectivity index (χ1n) is 6.40. The number of nitrogens with one attached hydrogen (secondary N) is 1. The van der Waals surface area contributed by atoms with Crippen molar-refractivity contribution in [3.63, 3.8) is 0 Å². The lowest BCUT2D eigenvalue weighted by Crippen LogP contribution is -2.04.